The second kappa shape index (κ2) is 7.07. The van der Waals surface area contributed by atoms with Crippen LogP contribution in [-0.2, 0) is 13.0 Å². The molecule has 0 unspecified atom stereocenters. The van der Waals surface area contributed by atoms with Crippen LogP contribution >= 0.6 is 0 Å². The number of carbonyl (C=O) groups excluding carboxylic acids is 1. The lowest BCUT2D eigenvalue weighted by atomic mass is 10.1. The van der Waals surface area contributed by atoms with Crippen molar-refractivity contribution in [2.75, 3.05) is 18.9 Å². The summed E-state index contributed by atoms with van der Waals surface area (Å²) in [7, 11) is 1.75. The molecule has 0 saturated heterocycles. The summed E-state index contributed by atoms with van der Waals surface area (Å²) in [5.74, 6) is 0.442. The summed E-state index contributed by atoms with van der Waals surface area (Å²) in [6.07, 6.45) is 0.563. The van der Waals surface area contributed by atoms with Gasteiger partial charge in [0.2, 0.25) is 5.95 Å². The number of hydrogen-bond acceptors (Lipinski definition) is 4. The fourth-order valence-corrected chi connectivity index (χ4v) is 3.40. The average molecular weight is 360 g/mol. The van der Waals surface area contributed by atoms with E-state index in [1.165, 1.54) is 0 Å². The summed E-state index contributed by atoms with van der Waals surface area (Å²) in [6, 6.07) is 18.5. The summed E-state index contributed by atoms with van der Waals surface area (Å²) in [4.78, 5) is 32.4. The Morgan fingerprint density at radius 2 is 1.70 bits per heavy atom. The molecular weight excluding hydrogens is 340 g/mol. The van der Waals surface area contributed by atoms with Gasteiger partial charge in [0, 0.05) is 25.6 Å². The number of benzene rings is 2. The lowest BCUT2D eigenvalue weighted by molar-refractivity contribution is 0.0732. The second-order valence-electron chi connectivity index (χ2n) is 6.43. The Labute approximate surface area is 157 Å². The Morgan fingerprint density at radius 3 is 2.37 bits per heavy atom. The van der Waals surface area contributed by atoms with Crippen molar-refractivity contribution in [1.82, 2.24) is 14.5 Å². The molecule has 6 heteroatoms. The Hall–Kier alpha value is -3.41. The Morgan fingerprint density at radius 1 is 1.04 bits per heavy atom. The van der Waals surface area contributed by atoms with Crippen LogP contribution in [0.1, 0.15) is 21.6 Å². The molecule has 27 heavy (non-hydrogen) atoms. The number of rotatable bonds is 3. The molecule has 0 atom stereocenters. The van der Waals surface area contributed by atoms with Crippen LogP contribution in [0.15, 0.2) is 65.5 Å². The molecule has 0 saturated carbocycles. The van der Waals surface area contributed by atoms with Gasteiger partial charge >= 0.3 is 0 Å². The van der Waals surface area contributed by atoms with Gasteiger partial charge in [-0.3, -0.25) is 9.59 Å². The predicted molar refractivity (Wildman–Crippen MR) is 104 cm³/mol. The first-order valence-corrected chi connectivity index (χ1v) is 8.91. The molecule has 0 radical (unpaired) electrons. The van der Waals surface area contributed by atoms with Crippen molar-refractivity contribution in [1.29, 1.82) is 0 Å². The van der Waals surface area contributed by atoms with Crippen LogP contribution in [0.4, 0.5) is 5.95 Å². The molecule has 136 valence electrons. The Balaban J connectivity index is 1.75. The van der Waals surface area contributed by atoms with E-state index in [2.05, 4.69) is 10.3 Å². The normalized spacial score (nSPS) is 13.1. The van der Waals surface area contributed by atoms with E-state index in [0.29, 0.717) is 30.0 Å². The first-order valence-electron chi connectivity index (χ1n) is 8.91. The van der Waals surface area contributed by atoms with E-state index in [1.807, 2.05) is 48.5 Å². The van der Waals surface area contributed by atoms with Crippen molar-refractivity contribution in [3.8, 4) is 5.69 Å². The SMILES string of the molecule is CNc1nc2c(c(=O)n1-c1ccccc1)CN(C(=O)c1ccccc1)CC2. The fraction of sp³-hybridized carbons (Fsp3) is 0.190. The topological polar surface area (TPSA) is 67.2 Å². The molecule has 1 N–H and O–H groups in total. The molecule has 1 aromatic heterocycles. The number of fused-ring (bicyclic) bond motifs is 1. The molecule has 1 amide bonds. The van der Waals surface area contributed by atoms with Gasteiger partial charge in [-0.05, 0) is 24.3 Å². The van der Waals surface area contributed by atoms with E-state index in [0.717, 1.165) is 11.4 Å². The molecule has 3 aromatic rings. The maximum Gasteiger partial charge on any atom is 0.264 e. The smallest absolute Gasteiger partial charge is 0.264 e. The molecule has 0 bridgehead atoms. The Bertz CT molecular complexity index is 1030. The number of para-hydroxylation sites is 1. The van der Waals surface area contributed by atoms with E-state index in [4.69, 9.17) is 0 Å². The first-order chi connectivity index (χ1) is 13.2. The Kier molecular flexibility index (Phi) is 4.46. The van der Waals surface area contributed by atoms with Crippen LogP contribution in [0, 0.1) is 0 Å². The van der Waals surface area contributed by atoms with Gasteiger partial charge in [-0.25, -0.2) is 9.55 Å². The number of hydrogen-bond donors (Lipinski definition) is 1. The average Bonchev–Trinajstić information content (AvgIpc) is 2.74. The molecule has 2 heterocycles. The predicted octanol–water partition coefficient (Wildman–Crippen LogP) is 2.47. The zero-order valence-electron chi connectivity index (χ0n) is 15.1. The third-order valence-corrected chi connectivity index (χ3v) is 4.78. The van der Waals surface area contributed by atoms with E-state index in [-0.39, 0.29) is 18.0 Å². The van der Waals surface area contributed by atoms with Crippen molar-refractivity contribution in [3.63, 3.8) is 0 Å². The van der Waals surface area contributed by atoms with Crippen LogP contribution < -0.4 is 10.9 Å². The van der Waals surface area contributed by atoms with Gasteiger partial charge < -0.3 is 10.2 Å². The van der Waals surface area contributed by atoms with E-state index < -0.39 is 0 Å². The highest BCUT2D eigenvalue weighted by molar-refractivity contribution is 5.94. The highest BCUT2D eigenvalue weighted by atomic mass is 16.2. The van der Waals surface area contributed by atoms with Gasteiger partial charge in [-0.2, -0.15) is 0 Å². The molecule has 0 aliphatic carbocycles. The van der Waals surface area contributed by atoms with Gasteiger partial charge in [0.1, 0.15) is 0 Å². The highest BCUT2D eigenvalue weighted by Gasteiger charge is 2.27. The molecule has 1 aliphatic heterocycles. The van der Waals surface area contributed by atoms with Crippen LogP contribution in [0.2, 0.25) is 0 Å². The van der Waals surface area contributed by atoms with Crippen molar-refractivity contribution < 1.29 is 4.79 Å². The van der Waals surface area contributed by atoms with Gasteiger partial charge in [0.05, 0.1) is 23.5 Å². The van der Waals surface area contributed by atoms with E-state index in [1.54, 1.807) is 28.6 Å². The summed E-state index contributed by atoms with van der Waals surface area (Å²) in [6.45, 7) is 0.817. The van der Waals surface area contributed by atoms with Crippen molar-refractivity contribution in [3.05, 3.63) is 87.8 Å². The second-order valence-corrected chi connectivity index (χ2v) is 6.43. The molecule has 1 aliphatic rings. The monoisotopic (exact) mass is 360 g/mol. The lowest BCUT2D eigenvalue weighted by Gasteiger charge is -2.29. The minimum Gasteiger partial charge on any atom is -0.358 e. The number of anilines is 1. The molecule has 4 rings (SSSR count). The number of nitrogens with zero attached hydrogens (tertiary/aromatic N) is 3. The number of amides is 1. The molecule has 6 nitrogen and oxygen atoms in total. The maximum absolute atomic E-state index is 13.2. The van der Waals surface area contributed by atoms with Crippen molar-refractivity contribution in [2.45, 2.75) is 13.0 Å². The zero-order valence-corrected chi connectivity index (χ0v) is 15.1. The first kappa shape index (κ1) is 17.0. The number of carbonyl (C=O) groups is 1. The van der Waals surface area contributed by atoms with Gasteiger partial charge in [0.15, 0.2) is 0 Å². The maximum atomic E-state index is 13.2. The van der Waals surface area contributed by atoms with Crippen molar-refractivity contribution in [2.24, 2.45) is 0 Å². The van der Waals surface area contributed by atoms with E-state index >= 15 is 0 Å². The zero-order chi connectivity index (χ0) is 18.8. The summed E-state index contributed by atoms with van der Waals surface area (Å²) in [5, 5.41) is 3.02. The van der Waals surface area contributed by atoms with Crippen LogP contribution in [0.25, 0.3) is 5.69 Å². The largest absolute Gasteiger partial charge is 0.358 e. The minimum atomic E-state index is -0.138. The standard InChI is InChI=1S/C21H20N4O2/c1-22-21-23-18-12-13-24(19(26)15-8-4-2-5-9-15)14-17(18)20(27)25(21)16-10-6-3-7-11-16/h2-11H,12-14H2,1H3,(H,22,23). The van der Waals surface area contributed by atoms with Crippen LogP contribution in [-0.4, -0.2) is 34.0 Å². The summed E-state index contributed by atoms with van der Waals surface area (Å²) < 4.78 is 1.56. The third-order valence-electron chi connectivity index (χ3n) is 4.78. The molecule has 0 fully saturated rings. The third kappa shape index (κ3) is 3.10. The molecular formula is C21H20N4O2. The van der Waals surface area contributed by atoms with Gasteiger partial charge in [-0.1, -0.05) is 36.4 Å². The molecule has 0 spiro atoms. The van der Waals surface area contributed by atoms with Gasteiger partial charge in [-0.15, -0.1) is 0 Å². The lowest BCUT2D eigenvalue weighted by Crippen LogP contribution is -2.41. The van der Waals surface area contributed by atoms with Gasteiger partial charge in [0.25, 0.3) is 11.5 Å². The fourth-order valence-electron chi connectivity index (χ4n) is 3.40. The minimum absolute atomic E-state index is 0.0652. The van der Waals surface area contributed by atoms with Crippen LogP contribution in [0.3, 0.4) is 0 Å². The van der Waals surface area contributed by atoms with Crippen molar-refractivity contribution >= 4 is 11.9 Å². The summed E-state index contributed by atoms with van der Waals surface area (Å²) >= 11 is 0. The number of nitrogens with one attached hydrogen (secondary N) is 1. The quantitative estimate of drug-likeness (QED) is 0.779. The van der Waals surface area contributed by atoms with Crippen LogP contribution in [0.5, 0.6) is 0 Å². The highest BCUT2D eigenvalue weighted by Crippen LogP contribution is 2.20. The number of aromatic nitrogens is 2. The van der Waals surface area contributed by atoms with E-state index in [9.17, 15) is 9.59 Å². The summed E-state index contributed by atoms with van der Waals surface area (Å²) in [5.41, 5.74) is 2.57. The molecule has 2 aromatic carbocycles.